The Kier molecular flexibility index (Phi) is 11.0. The molecule has 1 aliphatic rings. The molecule has 246 valence electrons. The number of aliphatic hydroxyl groups is 1. The van der Waals surface area contributed by atoms with Gasteiger partial charge in [0.1, 0.15) is 0 Å². The van der Waals surface area contributed by atoms with E-state index in [4.69, 9.17) is 9.47 Å². The highest BCUT2D eigenvalue weighted by molar-refractivity contribution is 7.99. The van der Waals surface area contributed by atoms with Crippen LogP contribution in [0.25, 0.3) is 11.1 Å². The topological polar surface area (TPSA) is 107 Å². The smallest absolute Gasteiger partial charge is 0.315 e. The van der Waals surface area contributed by atoms with Crippen LogP contribution in [-0.2, 0) is 29.2 Å². The standard InChI is InChI=1S/C39H39N3O5S/c1-27-35(26-48-36-12-5-6-21-42(36)45)46-38(47-37(27)32-15-13-29(25-43)14-16-32)33-19-17-31(18-20-33)34-11-7-10-30(22-34)24-41-39(44)40-23-28-8-3-2-4-9-28/h2-22,27,35,37-38,43H,23-26H2,1H3,(H2,40,41,44)/t27-,35+,37+,38+/m1/s1. The van der Waals surface area contributed by atoms with Crippen LogP contribution in [0.3, 0.4) is 0 Å². The van der Waals surface area contributed by atoms with E-state index in [-0.39, 0.29) is 30.8 Å². The second kappa shape index (κ2) is 16.0. The largest absolute Gasteiger partial charge is 0.618 e. The molecule has 0 aliphatic carbocycles. The van der Waals surface area contributed by atoms with Crippen LogP contribution in [-0.4, -0.2) is 23.0 Å². The number of pyridine rings is 1. The minimum Gasteiger partial charge on any atom is -0.618 e. The van der Waals surface area contributed by atoms with Crippen LogP contribution in [0.15, 0.2) is 133 Å². The van der Waals surface area contributed by atoms with E-state index in [1.165, 1.54) is 18.0 Å². The first-order chi connectivity index (χ1) is 23.5. The first-order valence-corrected chi connectivity index (χ1v) is 17.0. The summed E-state index contributed by atoms with van der Waals surface area (Å²) in [6, 6.07) is 39.1. The van der Waals surface area contributed by atoms with Gasteiger partial charge in [0, 0.05) is 42.5 Å². The minimum atomic E-state index is -0.608. The van der Waals surface area contributed by atoms with Crippen molar-refractivity contribution >= 4 is 17.8 Å². The van der Waals surface area contributed by atoms with Gasteiger partial charge in [-0.25, -0.2) is 4.79 Å². The van der Waals surface area contributed by atoms with Crippen LogP contribution >= 0.6 is 11.8 Å². The van der Waals surface area contributed by atoms with E-state index in [2.05, 4.69) is 41.8 Å². The Morgan fingerprint density at radius 3 is 2.19 bits per heavy atom. The van der Waals surface area contributed by atoms with Gasteiger partial charge in [-0.05, 0) is 45.5 Å². The van der Waals surface area contributed by atoms with Gasteiger partial charge in [0.25, 0.3) is 5.03 Å². The van der Waals surface area contributed by atoms with Gasteiger partial charge < -0.3 is 30.4 Å². The molecule has 3 N–H and O–H groups in total. The van der Waals surface area contributed by atoms with Crippen molar-refractivity contribution < 1.29 is 24.1 Å². The third kappa shape index (κ3) is 8.42. The van der Waals surface area contributed by atoms with Gasteiger partial charge in [-0.1, -0.05) is 116 Å². The molecule has 48 heavy (non-hydrogen) atoms. The summed E-state index contributed by atoms with van der Waals surface area (Å²) in [4.78, 5) is 12.4. The second-order valence-corrected chi connectivity index (χ2v) is 12.9. The Bertz CT molecular complexity index is 1790. The second-order valence-electron chi connectivity index (χ2n) is 11.8. The summed E-state index contributed by atoms with van der Waals surface area (Å²) in [5.74, 6) is 0.593. The van der Waals surface area contributed by atoms with Crippen molar-refractivity contribution in [3.8, 4) is 11.1 Å². The van der Waals surface area contributed by atoms with Gasteiger partial charge in [0.2, 0.25) is 0 Å². The molecule has 6 rings (SSSR count). The van der Waals surface area contributed by atoms with Crippen LogP contribution in [0.5, 0.6) is 0 Å². The molecule has 0 unspecified atom stereocenters. The number of nitrogens with zero attached hydrogens (tertiary/aromatic N) is 1. The SMILES string of the molecule is C[C@@H]1[C@H](CSc2cccc[n+]2[O-])O[C@H](c2ccc(-c3cccc(CNC(=O)NCc4ccccc4)c3)cc2)O[C@@H]1c1ccc(CO)cc1. The van der Waals surface area contributed by atoms with E-state index in [9.17, 15) is 15.1 Å². The first-order valence-electron chi connectivity index (χ1n) is 16.0. The zero-order valence-electron chi connectivity index (χ0n) is 26.7. The van der Waals surface area contributed by atoms with Crippen molar-refractivity contribution in [3.05, 3.63) is 161 Å². The number of amides is 2. The molecule has 1 fully saturated rings. The number of hydrogen-bond donors (Lipinski definition) is 3. The van der Waals surface area contributed by atoms with Crippen LogP contribution in [0, 0.1) is 11.1 Å². The van der Waals surface area contributed by atoms with Crippen molar-refractivity contribution in [1.82, 2.24) is 10.6 Å². The van der Waals surface area contributed by atoms with Gasteiger partial charge in [-0.15, -0.1) is 0 Å². The van der Waals surface area contributed by atoms with Crippen LogP contribution in [0.4, 0.5) is 4.79 Å². The van der Waals surface area contributed by atoms with E-state index in [0.717, 1.165) is 43.7 Å². The number of aliphatic hydroxyl groups excluding tert-OH is 1. The fourth-order valence-corrected chi connectivity index (χ4v) is 6.80. The number of benzene rings is 4. The fourth-order valence-electron chi connectivity index (χ4n) is 5.72. The van der Waals surface area contributed by atoms with Gasteiger partial charge in [-0.3, -0.25) is 0 Å². The summed E-state index contributed by atoms with van der Waals surface area (Å²) in [7, 11) is 0. The van der Waals surface area contributed by atoms with E-state index in [0.29, 0.717) is 23.9 Å². The summed E-state index contributed by atoms with van der Waals surface area (Å²) in [5, 5.41) is 28.3. The average Bonchev–Trinajstić information content (AvgIpc) is 3.14. The Labute approximate surface area is 285 Å². The molecule has 4 aromatic carbocycles. The Morgan fingerprint density at radius 1 is 0.771 bits per heavy atom. The van der Waals surface area contributed by atoms with Gasteiger partial charge in [0.15, 0.2) is 12.5 Å². The Morgan fingerprint density at radius 2 is 1.46 bits per heavy atom. The number of hydrogen-bond acceptors (Lipinski definition) is 6. The quantitative estimate of drug-likeness (QED) is 0.0795. The summed E-state index contributed by atoms with van der Waals surface area (Å²) >= 11 is 1.47. The number of aromatic nitrogens is 1. The molecular formula is C39H39N3O5S. The number of thioether (sulfide) groups is 1. The number of carbonyl (C=O) groups is 1. The van der Waals surface area contributed by atoms with Crippen molar-refractivity contribution in [1.29, 1.82) is 0 Å². The highest BCUT2D eigenvalue weighted by Gasteiger charge is 2.38. The maximum absolute atomic E-state index is 12.4. The predicted molar refractivity (Wildman–Crippen MR) is 186 cm³/mol. The third-order valence-corrected chi connectivity index (χ3v) is 9.61. The molecule has 0 bridgehead atoms. The lowest BCUT2D eigenvalue weighted by atomic mass is 9.91. The van der Waals surface area contributed by atoms with Crippen LogP contribution in [0.2, 0.25) is 0 Å². The van der Waals surface area contributed by atoms with Crippen LogP contribution in [0.1, 0.15) is 47.1 Å². The lowest BCUT2D eigenvalue weighted by molar-refractivity contribution is -0.645. The zero-order valence-corrected chi connectivity index (χ0v) is 27.5. The van der Waals surface area contributed by atoms with Crippen molar-refractivity contribution in [2.75, 3.05) is 5.75 Å². The molecule has 8 nitrogen and oxygen atoms in total. The summed E-state index contributed by atoms with van der Waals surface area (Å²) < 4.78 is 14.1. The molecule has 1 saturated heterocycles. The Hall–Kier alpha value is -4.67. The predicted octanol–water partition coefficient (Wildman–Crippen LogP) is 7.06. The molecule has 2 amide bonds. The highest BCUT2D eigenvalue weighted by atomic mass is 32.2. The zero-order chi connectivity index (χ0) is 33.3. The van der Waals surface area contributed by atoms with Crippen molar-refractivity contribution in [2.24, 2.45) is 5.92 Å². The van der Waals surface area contributed by atoms with E-state index < -0.39 is 6.29 Å². The minimum absolute atomic E-state index is 0.00795. The normalized spacial score (nSPS) is 19.0. The number of ether oxygens (including phenoxy) is 2. The molecule has 4 atom stereocenters. The van der Waals surface area contributed by atoms with Gasteiger partial charge in [0.05, 0.1) is 18.8 Å². The van der Waals surface area contributed by atoms with E-state index in [1.54, 1.807) is 6.07 Å². The lowest BCUT2D eigenvalue weighted by Crippen LogP contribution is -2.39. The maximum atomic E-state index is 12.4. The third-order valence-electron chi connectivity index (χ3n) is 8.50. The number of carbonyl (C=O) groups excluding carboxylic acids is 1. The molecule has 9 heteroatoms. The lowest BCUT2D eigenvalue weighted by Gasteiger charge is -2.41. The molecule has 2 heterocycles. The molecule has 1 aliphatic heterocycles. The summed E-state index contributed by atoms with van der Waals surface area (Å²) in [5.41, 5.74) is 6.85. The monoisotopic (exact) mass is 661 g/mol. The highest BCUT2D eigenvalue weighted by Crippen LogP contribution is 2.43. The van der Waals surface area contributed by atoms with Gasteiger partial charge in [-0.2, -0.15) is 4.73 Å². The number of rotatable bonds is 11. The first kappa shape index (κ1) is 33.2. The fraction of sp³-hybridized carbons (Fsp3) is 0.231. The van der Waals surface area contributed by atoms with Crippen molar-refractivity contribution in [3.63, 3.8) is 0 Å². The summed E-state index contributed by atoms with van der Waals surface area (Å²) in [6.07, 6.45) is 0.461. The molecule has 0 radical (unpaired) electrons. The van der Waals surface area contributed by atoms with Crippen molar-refractivity contribution in [2.45, 2.75) is 50.1 Å². The summed E-state index contributed by atoms with van der Waals surface area (Å²) in [6.45, 7) is 2.97. The number of nitrogens with one attached hydrogen (secondary N) is 2. The molecular weight excluding hydrogens is 623 g/mol. The Balaban J connectivity index is 1.14. The molecule has 0 saturated carbocycles. The molecule has 1 aromatic heterocycles. The number of urea groups is 1. The van der Waals surface area contributed by atoms with E-state index >= 15 is 0 Å². The van der Waals surface area contributed by atoms with Crippen LogP contribution < -0.4 is 15.4 Å². The van der Waals surface area contributed by atoms with Gasteiger partial charge >= 0.3 is 6.03 Å². The molecule has 0 spiro atoms. The molecule has 5 aromatic rings. The average molecular weight is 662 g/mol. The maximum Gasteiger partial charge on any atom is 0.315 e. The van der Waals surface area contributed by atoms with E-state index in [1.807, 2.05) is 91.0 Å².